The van der Waals surface area contributed by atoms with E-state index in [9.17, 15) is 14.4 Å². The van der Waals surface area contributed by atoms with Gasteiger partial charge in [-0.25, -0.2) is 14.6 Å². The maximum Gasteiger partial charge on any atom is 0.338 e. The quantitative estimate of drug-likeness (QED) is 0.821. The number of rotatable bonds is 3. The Morgan fingerprint density at radius 3 is 2.85 bits per heavy atom. The molecule has 8 heteroatoms. The molecule has 1 aromatic heterocycles. The van der Waals surface area contributed by atoms with Crippen LogP contribution in [0, 0.1) is 0 Å². The number of nitrogens with two attached hydrogens (primary N) is 1. The monoisotopic (exact) mass is 293 g/mol. The van der Waals surface area contributed by atoms with Gasteiger partial charge in [0.25, 0.3) is 5.91 Å². The van der Waals surface area contributed by atoms with Crippen LogP contribution in [0.4, 0.5) is 4.79 Å². The summed E-state index contributed by atoms with van der Waals surface area (Å²) in [5.74, 6) is -1.43. The number of carbonyl (C=O) groups is 3. The first kappa shape index (κ1) is 13.9. The third-order valence-electron chi connectivity index (χ3n) is 2.47. The van der Waals surface area contributed by atoms with Gasteiger partial charge in [0.2, 0.25) is 0 Å². The van der Waals surface area contributed by atoms with Gasteiger partial charge in [0, 0.05) is 0 Å². The van der Waals surface area contributed by atoms with E-state index in [1.165, 1.54) is 18.3 Å². The molecular formula is C12H11N3O4S. The van der Waals surface area contributed by atoms with E-state index >= 15 is 0 Å². The van der Waals surface area contributed by atoms with Crippen LogP contribution in [0.15, 0.2) is 23.7 Å². The zero-order valence-electron chi connectivity index (χ0n) is 10.5. The van der Waals surface area contributed by atoms with Crippen LogP contribution in [0.2, 0.25) is 0 Å². The standard InChI is InChI=1S/C12H11N3O4S/c1-6(10(16)15-12(13)18)19-11(17)7-2-3-8-9(4-7)20-5-14-8/h2-6H,1H3,(H3,13,15,16,18)/t6-/m1/s1. The van der Waals surface area contributed by atoms with Crippen LogP contribution in [-0.2, 0) is 9.53 Å². The molecule has 7 nitrogen and oxygen atoms in total. The van der Waals surface area contributed by atoms with E-state index in [-0.39, 0.29) is 0 Å². The highest BCUT2D eigenvalue weighted by Crippen LogP contribution is 2.19. The number of thiazole rings is 1. The number of imide groups is 1. The van der Waals surface area contributed by atoms with Crippen LogP contribution in [0.3, 0.4) is 0 Å². The number of urea groups is 1. The normalized spacial score (nSPS) is 11.8. The van der Waals surface area contributed by atoms with Crippen molar-refractivity contribution in [2.45, 2.75) is 13.0 Å². The summed E-state index contributed by atoms with van der Waals surface area (Å²) in [6.45, 7) is 1.35. The number of carbonyl (C=O) groups excluding carboxylic acids is 3. The number of nitrogens with one attached hydrogen (secondary N) is 1. The number of primary amides is 1. The lowest BCUT2D eigenvalue weighted by molar-refractivity contribution is -0.127. The smallest absolute Gasteiger partial charge is 0.338 e. The molecule has 0 aliphatic carbocycles. The van der Waals surface area contributed by atoms with Crippen molar-refractivity contribution in [1.29, 1.82) is 0 Å². The van der Waals surface area contributed by atoms with Crippen molar-refractivity contribution in [1.82, 2.24) is 10.3 Å². The Hall–Kier alpha value is -2.48. The van der Waals surface area contributed by atoms with Crippen molar-refractivity contribution >= 4 is 39.5 Å². The predicted molar refractivity (Wildman–Crippen MR) is 72.2 cm³/mol. The highest BCUT2D eigenvalue weighted by Gasteiger charge is 2.20. The minimum absolute atomic E-state index is 0.306. The topological polar surface area (TPSA) is 111 Å². The molecule has 0 saturated carbocycles. The summed E-state index contributed by atoms with van der Waals surface area (Å²) in [6, 6.07) is 3.89. The molecule has 20 heavy (non-hydrogen) atoms. The Morgan fingerprint density at radius 1 is 1.40 bits per heavy atom. The van der Waals surface area contributed by atoms with Crippen LogP contribution >= 0.6 is 11.3 Å². The van der Waals surface area contributed by atoms with E-state index in [4.69, 9.17) is 10.5 Å². The fourth-order valence-electron chi connectivity index (χ4n) is 1.49. The zero-order valence-corrected chi connectivity index (χ0v) is 11.3. The molecule has 0 bridgehead atoms. The number of nitrogens with zero attached hydrogens (tertiary/aromatic N) is 1. The lowest BCUT2D eigenvalue weighted by atomic mass is 10.2. The summed E-state index contributed by atoms with van der Waals surface area (Å²) in [7, 11) is 0. The van der Waals surface area contributed by atoms with Crippen molar-refractivity contribution in [3.8, 4) is 0 Å². The molecule has 0 aliphatic heterocycles. The van der Waals surface area contributed by atoms with Gasteiger partial charge in [0.05, 0.1) is 21.3 Å². The predicted octanol–water partition coefficient (Wildman–Crippen LogP) is 1.04. The Morgan fingerprint density at radius 2 is 2.15 bits per heavy atom. The molecule has 104 valence electrons. The van der Waals surface area contributed by atoms with Crippen molar-refractivity contribution in [3.63, 3.8) is 0 Å². The van der Waals surface area contributed by atoms with Gasteiger partial charge in [-0.3, -0.25) is 10.1 Å². The van der Waals surface area contributed by atoms with Crippen LogP contribution in [0.1, 0.15) is 17.3 Å². The number of esters is 1. The number of hydrogen-bond donors (Lipinski definition) is 2. The van der Waals surface area contributed by atoms with E-state index in [0.29, 0.717) is 5.56 Å². The van der Waals surface area contributed by atoms with Crippen LogP contribution in [-0.4, -0.2) is 29.0 Å². The maximum atomic E-state index is 11.9. The molecule has 0 aliphatic rings. The molecule has 1 atom stereocenters. The van der Waals surface area contributed by atoms with Gasteiger partial charge in [-0.2, -0.15) is 0 Å². The largest absolute Gasteiger partial charge is 0.449 e. The van der Waals surface area contributed by atoms with E-state index in [1.54, 1.807) is 23.7 Å². The Kier molecular flexibility index (Phi) is 3.94. The molecule has 0 saturated heterocycles. The minimum Gasteiger partial charge on any atom is -0.449 e. The Bertz CT molecular complexity index is 682. The fraction of sp³-hybridized carbons (Fsp3) is 0.167. The summed E-state index contributed by atoms with van der Waals surface area (Å²) in [6.07, 6.45) is -1.12. The molecule has 0 fully saturated rings. The third kappa shape index (κ3) is 3.09. The maximum absolute atomic E-state index is 11.9. The summed E-state index contributed by atoms with van der Waals surface area (Å²) in [5, 5.41) is 1.84. The van der Waals surface area contributed by atoms with Gasteiger partial charge in [0.1, 0.15) is 0 Å². The number of fused-ring (bicyclic) bond motifs is 1. The number of amides is 3. The van der Waals surface area contributed by atoms with Gasteiger partial charge >= 0.3 is 12.0 Å². The van der Waals surface area contributed by atoms with E-state index in [0.717, 1.165) is 10.2 Å². The average molecular weight is 293 g/mol. The molecule has 2 rings (SSSR count). The first-order valence-corrected chi connectivity index (χ1v) is 6.50. The summed E-state index contributed by atoms with van der Waals surface area (Å²) in [4.78, 5) is 37.9. The molecule has 3 amide bonds. The first-order chi connectivity index (χ1) is 9.47. The van der Waals surface area contributed by atoms with Gasteiger partial charge < -0.3 is 10.5 Å². The van der Waals surface area contributed by atoms with Gasteiger partial charge in [-0.1, -0.05) is 0 Å². The van der Waals surface area contributed by atoms with Crippen LogP contribution < -0.4 is 11.1 Å². The number of benzene rings is 1. The summed E-state index contributed by atoms with van der Waals surface area (Å²) < 4.78 is 5.79. The van der Waals surface area contributed by atoms with Crippen molar-refractivity contribution in [2.75, 3.05) is 0 Å². The number of ether oxygens (including phenoxy) is 1. The molecule has 1 heterocycles. The molecule has 3 N–H and O–H groups in total. The van der Waals surface area contributed by atoms with Crippen molar-refractivity contribution < 1.29 is 19.1 Å². The summed E-state index contributed by atoms with van der Waals surface area (Å²) in [5.41, 5.74) is 7.57. The Balaban J connectivity index is 2.07. The lowest BCUT2D eigenvalue weighted by Gasteiger charge is -2.11. The minimum atomic E-state index is -1.12. The second-order valence-electron chi connectivity index (χ2n) is 3.94. The van der Waals surface area contributed by atoms with Gasteiger partial charge in [-0.15, -0.1) is 11.3 Å². The van der Waals surface area contributed by atoms with Gasteiger partial charge in [-0.05, 0) is 25.1 Å². The average Bonchev–Trinajstić information content (AvgIpc) is 2.84. The van der Waals surface area contributed by atoms with Crippen LogP contribution in [0.5, 0.6) is 0 Å². The number of hydrogen-bond acceptors (Lipinski definition) is 6. The van der Waals surface area contributed by atoms with E-state index in [2.05, 4.69) is 4.98 Å². The second kappa shape index (κ2) is 5.66. The van der Waals surface area contributed by atoms with Crippen LogP contribution in [0.25, 0.3) is 10.2 Å². The SMILES string of the molecule is C[C@@H](OC(=O)c1ccc2ncsc2c1)C(=O)NC(N)=O. The van der Waals surface area contributed by atoms with E-state index < -0.39 is 24.0 Å². The molecule has 0 radical (unpaired) electrons. The van der Waals surface area contributed by atoms with Crippen molar-refractivity contribution in [2.24, 2.45) is 5.73 Å². The van der Waals surface area contributed by atoms with E-state index in [1.807, 2.05) is 5.32 Å². The number of aromatic nitrogens is 1. The Labute approximate surface area is 117 Å². The van der Waals surface area contributed by atoms with Gasteiger partial charge in [0.15, 0.2) is 6.10 Å². The zero-order chi connectivity index (χ0) is 14.7. The fourth-order valence-corrected chi connectivity index (χ4v) is 2.20. The second-order valence-corrected chi connectivity index (χ2v) is 4.82. The molecule has 0 spiro atoms. The van der Waals surface area contributed by atoms with Crippen molar-refractivity contribution in [3.05, 3.63) is 29.3 Å². The molecular weight excluding hydrogens is 282 g/mol. The third-order valence-corrected chi connectivity index (χ3v) is 3.26. The highest BCUT2D eigenvalue weighted by molar-refractivity contribution is 7.16. The molecule has 1 aromatic carbocycles. The summed E-state index contributed by atoms with van der Waals surface area (Å²) >= 11 is 1.39. The first-order valence-electron chi connectivity index (χ1n) is 5.62. The molecule has 2 aromatic rings. The highest BCUT2D eigenvalue weighted by atomic mass is 32.1. The lowest BCUT2D eigenvalue weighted by Crippen LogP contribution is -2.42. The molecule has 0 unspecified atom stereocenters.